The number of hydrogen-bond acceptors (Lipinski definition) is 6. The standard InChI is InChI=1S/C21H26ClN3O6S/c1-14-13-16(22)6-11-19(14)31-12-4-5-20(26)23-24-21(27)15(2)25-32(28,29)18-9-7-17(30-3)8-10-18/h6-11,13,15,25H,4-5,12H2,1-3H3,(H,23,26)(H,24,27)/t15-/m0/s1. The van der Waals surface area contributed by atoms with E-state index in [1.165, 1.54) is 38.3 Å². The number of hydrogen-bond donors (Lipinski definition) is 3. The number of methoxy groups -OCH3 is 1. The van der Waals surface area contributed by atoms with E-state index in [1.807, 2.05) is 6.92 Å². The van der Waals surface area contributed by atoms with Gasteiger partial charge in [-0.3, -0.25) is 20.4 Å². The van der Waals surface area contributed by atoms with Crippen molar-refractivity contribution in [2.45, 2.75) is 37.6 Å². The lowest BCUT2D eigenvalue weighted by atomic mass is 10.2. The van der Waals surface area contributed by atoms with E-state index in [0.717, 1.165) is 5.56 Å². The van der Waals surface area contributed by atoms with E-state index in [9.17, 15) is 18.0 Å². The number of nitrogens with one attached hydrogen (secondary N) is 3. The number of aryl methyl sites for hydroxylation is 1. The summed E-state index contributed by atoms with van der Waals surface area (Å²) in [6, 6.07) is 9.86. The highest BCUT2D eigenvalue weighted by atomic mass is 35.5. The molecule has 0 aliphatic heterocycles. The second-order valence-electron chi connectivity index (χ2n) is 6.92. The Hall–Kier alpha value is -2.82. The predicted molar refractivity (Wildman–Crippen MR) is 120 cm³/mol. The molecular weight excluding hydrogens is 458 g/mol. The number of benzene rings is 2. The molecule has 2 aromatic carbocycles. The minimum atomic E-state index is -3.92. The summed E-state index contributed by atoms with van der Waals surface area (Å²) in [5.41, 5.74) is 5.36. The molecule has 32 heavy (non-hydrogen) atoms. The lowest BCUT2D eigenvalue weighted by molar-refractivity contribution is -0.129. The van der Waals surface area contributed by atoms with E-state index in [4.69, 9.17) is 21.1 Å². The molecule has 174 valence electrons. The van der Waals surface area contributed by atoms with Crippen molar-refractivity contribution in [3.63, 3.8) is 0 Å². The van der Waals surface area contributed by atoms with Gasteiger partial charge in [0.15, 0.2) is 0 Å². The fourth-order valence-electron chi connectivity index (χ4n) is 2.60. The maximum atomic E-state index is 12.4. The van der Waals surface area contributed by atoms with Crippen LogP contribution in [0.2, 0.25) is 5.02 Å². The van der Waals surface area contributed by atoms with Crippen LogP contribution < -0.4 is 25.0 Å². The molecule has 0 bridgehead atoms. The van der Waals surface area contributed by atoms with Gasteiger partial charge in [-0.25, -0.2) is 8.42 Å². The van der Waals surface area contributed by atoms with Crippen LogP contribution in [0.5, 0.6) is 11.5 Å². The third kappa shape index (κ3) is 7.70. The van der Waals surface area contributed by atoms with Crippen molar-refractivity contribution in [3.8, 4) is 11.5 Å². The van der Waals surface area contributed by atoms with E-state index in [1.54, 1.807) is 18.2 Å². The molecule has 0 saturated heterocycles. The quantitative estimate of drug-likeness (QED) is 0.352. The van der Waals surface area contributed by atoms with Crippen molar-refractivity contribution in [2.75, 3.05) is 13.7 Å². The molecule has 2 rings (SSSR count). The molecule has 11 heteroatoms. The van der Waals surface area contributed by atoms with Crippen LogP contribution in [0.1, 0.15) is 25.3 Å². The first-order valence-corrected chi connectivity index (χ1v) is 11.6. The topological polar surface area (TPSA) is 123 Å². The number of hydrazine groups is 1. The van der Waals surface area contributed by atoms with Gasteiger partial charge in [0.1, 0.15) is 11.5 Å². The molecule has 2 aromatic rings. The van der Waals surface area contributed by atoms with Crippen LogP contribution in [-0.2, 0) is 19.6 Å². The lowest BCUT2D eigenvalue weighted by Crippen LogP contribution is -2.51. The summed E-state index contributed by atoms with van der Waals surface area (Å²) >= 11 is 5.89. The summed E-state index contributed by atoms with van der Waals surface area (Å²) in [5, 5.41) is 0.616. The summed E-state index contributed by atoms with van der Waals surface area (Å²) in [5.74, 6) is 0.0516. The van der Waals surface area contributed by atoms with Gasteiger partial charge in [-0.1, -0.05) is 11.6 Å². The molecule has 9 nitrogen and oxygen atoms in total. The molecule has 0 fully saturated rings. The van der Waals surface area contributed by atoms with Crippen LogP contribution in [0.25, 0.3) is 0 Å². The van der Waals surface area contributed by atoms with Crippen LogP contribution in [0.4, 0.5) is 0 Å². The minimum Gasteiger partial charge on any atom is -0.497 e. The highest BCUT2D eigenvalue weighted by Crippen LogP contribution is 2.22. The third-order valence-electron chi connectivity index (χ3n) is 4.36. The number of amides is 2. The van der Waals surface area contributed by atoms with E-state index >= 15 is 0 Å². The Balaban J connectivity index is 1.73. The molecule has 0 aromatic heterocycles. The molecule has 2 amide bonds. The third-order valence-corrected chi connectivity index (χ3v) is 6.15. The van der Waals surface area contributed by atoms with E-state index in [0.29, 0.717) is 29.5 Å². The molecule has 3 N–H and O–H groups in total. The van der Waals surface area contributed by atoms with Crippen molar-refractivity contribution >= 4 is 33.4 Å². The van der Waals surface area contributed by atoms with Gasteiger partial charge in [0.05, 0.1) is 24.7 Å². The van der Waals surface area contributed by atoms with Gasteiger partial charge in [0, 0.05) is 11.4 Å². The fraction of sp³-hybridized carbons (Fsp3) is 0.333. The van der Waals surface area contributed by atoms with Crippen molar-refractivity contribution in [2.24, 2.45) is 0 Å². The van der Waals surface area contributed by atoms with E-state index in [2.05, 4.69) is 15.6 Å². The Morgan fingerprint density at radius 2 is 1.78 bits per heavy atom. The van der Waals surface area contributed by atoms with Crippen LogP contribution in [0.3, 0.4) is 0 Å². The number of sulfonamides is 1. The second-order valence-corrected chi connectivity index (χ2v) is 9.07. The Morgan fingerprint density at radius 3 is 2.41 bits per heavy atom. The molecule has 0 aliphatic carbocycles. The molecular formula is C21H26ClN3O6S. The normalized spacial score (nSPS) is 12.0. The molecule has 0 unspecified atom stereocenters. The first kappa shape index (κ1) is 25.4. The Kier molecular flexibility index (Phi) is 9.30. The molecule has 0 saturated carbocycles. The van der Waals surface area contributed by atoms with E-state index in [-0.39, 0.29) is 11.3 Å². The zero-order valence-corrected chi connectivity index (χ0v) is 19.5. The van der Waals surface area contributed by atoms with Gasteiger partial charge in [-0.05, 0) is 68.3 Å². The van der Waals surface area contributed by atoms with Crippen molar-refractivity contribution in [3.05, 3.63) is 53.1 Å². The van der Waals surface area contributed by atoms with Crippen LogP contribution >= 0.6 is 11.6 Å². The Bertz CT molecular complexity index is 1040. The average molecular weight is 484 g/mol. The highest BCUT2D eigenvalue weighted by Gasteiger charge is 2.22. The Morgan fingerprint density at radius 1 is 1.09 bits per heavy atom. The summed E-state index contributed by atoms with van der Waals surface area (Å²) in [6.45, 7) is 3.54. The number of ether oxygens (including phenoxy) is 2. The zero-order chi connectivity index (χ0) is 23.7. The number of halogens is 1. The highest BCUT2D eigenvalue weighted by molar-refractivity contribution is 7.89. The molecule has 0 spiro atoms. The average Bonchev–Trinajstić information content (AvgIpc) is 2.75. The van der Waals surface area contributed by atoms with Crippen molar-refractivity contribution < 1.29 is 27.5 Å². The molecule has 1 atom stereocenters. The molecule has 0 aliphatic rings. The largest absolute Gasteiger partial charge is 0.497 e. The van der Waals surface area contributed by atoms with E-state index < -0.39 is 27.9 Å². The monoisotopic (exact) mass is 483 g/mol. The summed E-state index contributed by atoms with van der Waals surface area (Å²) < 4.78 is 37.6. The molecule has 0 radical (unpaired) electrons. The molecule has 0 heterocycles. The van der Waals surface area contributed by atoms with Gasteiger partial charge < -0.3 is 9.47 Å². The minimum absolute atomic E-state index is 0.0158. The van der Waals surface area contributed by atoms with Crippen LogP contribution in [-0.4, -0.2) is 40.0 Å². The number of carbonyl (C=O) groups excluding carboxylic acids is 2. The summed E-state index contributed by atoms with van der Waals surface area (Å²) in [6.07, 6.45) is 0.530. The Labute approximate surface area is 192 Å². The number of rotatable bonds is 10. The van der Waals surface area contributed by atoms with Gasteiger partial charge in [-0.2, -0.15) is 4.72 Å². The zero-order valence-electron chi connectivity index (χ0n) is 18.0. The first-order valence-electron chi connectivity index (χ1n) is 9.76. The fourth-order valence-corrected chi connectivity index (χ4v) is 4.03. The van der Waals surface area contributed by atoms with Crippen molar-refractivity contribution in [1.82, 2.24) is 15.6 Å². The van der Waals surface area contributed by atoms with Gasteiger partial charge in [0.2, 0.25) is 15.9 Å². The number of carbonyl (C=O) groups is 2. The SMILES string of the molecule is COc1ccc(S(=O)(=O)N[C@@H](C)C(=O)NNC(=O)CCCOc2ccc(Cl)cc2C)cc1. The summed E-state index contributed by atoms with van der Waals surface area (Å²) in [4.78, 5) is 24.0. The maximum Gasteiger partial charge on any atom is 0.256 e. The van der Waals surface area contributed by atoms with Crippen LogP contribution in [0.15, 0.2) is 47.4 Å². The van der Waals surface area contributed by atoms with Gasteiger partial charge in [-0.15, -0.1) is 0 Å². The lowest BCUT2D eigenvalue weighted by Gasteiger charge is -2.15. The van der Waals surface area contributed by atoms with Gasteiger partial charge in [0.25, 0.3) is 5.91 Å². The second kappa shape index (κ2) is 11.7. The van der Waals surface area contributed by atoms with Gasteiger partial charge >= 0.3 is 0 Å². The predicted octanol–water partition coefficient (Wildman–Crippen LogP) is 2.33. The first-order chi connectivity index (χ1) is 15.1. The van der Waals surface area contributed by atoms with Crippen molar-refractivity contribution in [1.29, 1.82) is 0 Å². The maximum absolute atomic E-state index is 12.4. The smallest absolute Gasteiger partial charge is 0.256 e. The summed E-state index contributed by atoms with van der Waals surface area (Å²) in [7, 11) is -2.45. The van der Waals surface area contributed by atoms with Crippen LogP contribution in [0, 0.1) is 6.92 Å².